The van der Waals surface area contributed by atoms with Crippen LogP contribution in [0.15, 0.2) is 51.8 Å². The molecule has 0 aromatic heterocycles. The number of methoxy groups -OCH3 is 1. The lowest BCUT2D eigenvalue weighted by Gasteiger charge is -2.10. The van der Waals surface area contributed by atoms with Gasteiger partial charge in [0.15, 0.2) is 0 Å². The number of rotatable bonds is 5. The molecule has 8 heteroatoms. The number of halogens is 1. The van der Waals surface area contributed by atoms with Crippen LogP contribution in [0.1, 0.15) is 6.92 Å². The third kappa shape index (κ3) is 4.46. The fourth-order valence-corrected chi connectivity index (χ4v) is 3.12. The summed E-state index contributed by atoms with van der Waals surface area (Å²) in [5, 5.41) is 2.58. The van der Waals surface area contributed by atoms with E-state index < -0.39 is 10.1 Å². The first-order valence-electron chi connectivity index (χ1n) is 6.47. The molecule has 1 amide bonds. The molecule has 2 aromatic rings. The molecule has 1 N–H and O–H groups in total. The van der Waals surface area contributed by atoms with Crippen LogP contribution in [-0.2, 0) is 14.9 Å². The molecule has 0 aliphatic carbocycles. The maximum Gasteiger partial charge on any atom is 0.339 e. The highest BCUT2D eigenvalue weighted by atomic mass is 79.9. The van der Waals surface area contributed by atoms with Gasteiger partial charge in [0.05, 0.1) is 11.6 Å². The third-order valence-electron chi connectivity index (χ3n) is 2.79. The normalized spacial score (nSPS) is 10.9. The van der Waals surface area contributed by atoms with Crippen LogP contribution in [0.25, 0.3) is 0 Å². The Bertz CT molecular complexity index is 818. The number of hydrogen-bond donors (Lipinski definition) is 1. The van der Waals surface area contributed by atoms with Crippen molar-refractivity contribution in [3.63, 3.8) is 0 Å². The number of anilines is 1. The largest absolute Gasteiger partial charge is 0.496 e. The number of ether oxygens (including phenoxy) is 1. The predicted octanol–water partition coefficient (Wildman–Crippen LogP) is 3.18. The van der Waals surface area contributed by atoms with Crippen molar-refractivity contribution in [2.75, 3.05) is 12.4 Å². The molecule has 0 bridgehead atoms. The fraction of sp³-hybridized carbons (Fsp3) is 0.133. The van der Waals surface area contributed by atoms with Crippen molar-refractivity contribution >= 4 is 37.6 Å². The highest BCUT2D eigenvalue weighted by Gasteiger charge is 2.18. The highest BCUT2D eigenvalue weighted by molar-refractivity contribution is 9.10. The summed E-state index contributed by atoms with van der Waals surface area (Å²) in [5.74, 6) is 0.310. The maximum absolute atomic E-state index is 12.3. The van der Waals surface area contributed by atoms with E-state index in [0.717, 1.165) is 0 Å². The van der Waals surface area contributed by atoms with Gasteiger partial charge in [0.2, 0.25) is 5.91 Å². The lowest BCUT2D eigenvalue weighted by molar-refractivity contribution is -0.114. The second kappa shape index (κ2) is 7.01. The van der Waals surface area contributed by atoms with Crippen molar-refractivity contribution in [3.05, 3.63) is 46.9 Å². The summed E-state index contributed by atoms with van der Waals surface area (Å²) in [6.45, 7) is 1.38. The molecule has 0 saturated carbocycles. The molecule has 2 aromatic carbocycles. The SMILES string of the molecule is COc1cc(S(=O)(=O)Oc2ccc(NC(C)=O)cc2)ccc1Br. The second-order valence-electron chi connectivity index (χ2n) is 4.54. The van der Waals surface area contributed by atoms with Gasteiger partial charge in [0.25, 0.3) is 0 Å². The van der Waals surface area contributed by atoms with Crippen LogP contribution < -0.4 is 14.2 Å². The molecule has 0 aliphatic rings. The summed E-state index contributed by atoms with van der Waals surface area (Å²) in [4.78, 5) is 10.9. The Balaban J connectivity index is 2.22. The summed E-state index contributed by atoms with van der Waals surface area (Å²) < 4.78 is 35.4. The molecule has 0 atom stereocenters. The van der Waals surface area contributed by atoms with Gasteiger partial charge in [0.1, 0.15) is 16.4 Å². The molecule has 0 radical (unpaired) electrons. The minimum Gasteiger partial charge on any atom is -0.496 e. The van der Waals surface area contributed by atoms with Gasteiger partial charge in [-0.2, -0.15) is 8.42 Å². The van der Waals surface area contributed by atoms with Crippen molar-refractivity contribution < 1.29 is 22.1 Å². The van der Waals surface area contributed by atoms with Gasteiger partial charge in [0, 0.05) is 18.7 Å². The smallest absolute Gasteiger partial charge is 0.339 e. The van der Waals surface area contributed by atoms with Crippen LogP contribution in [0, 0.1) is 0 Å². The first-order valence-corrected chi connectivity index (χ1v) is 8.67. The first kappa shape index (κ1) is 17.3. The van der Waals surface area contributed by atoms with Gasteiger partial charge in [-0.15, -0.1) is 0 Å². The first-order chi connectivity index (χ1) is 10.8. The molecule has 0 unspecified atom stereocenters. The maximum atomic E-state index is 12.3. The number of carbonyl (C=O) groups is 1. The third-order valence-corrected chi connectivity index (χ3v) is 4.69. The van der Waals surface area contributed by atoms with Crippen LogP contribution in [-0.4, -0.2) is 21.4 Å². The lowest BCUT2D eigenvalue weighted by Crippen LogP contribution is -2.10. The zero-order valence-corrected chi connectivity index (χ0v) is 14.8. The zero-order valence-electron chi connectivity index (χ0n) is 12.4. The van der Waals surface area contributed by atoms with E-state index in [-0.39, 0.29) is 16.6 Å². The highest BCUT2D eigenvalue weighted by Crippen LogP contribution is 2.29. The number of nitrogens with one attached hydrogen (secondary N) is 1. The van der Waals surface area contributed by atoms with Crippen LogP contribution in [0.2, 0.25) is 0 Å². The standard InChI is InChI=1S/C15H14BrNO5S/c1-10(18)17-11-3-5-12(6-4-11)22-23(19,20)13-7-8-14(16)15(9-13)21-2/h3-9H,1-2H3,(H,17,18). The fourth-order valence-electron chi connectivity index (χ4n) is 1.77. The van der Waals surface area contributed by atoms with E-state index in [1.54, 1.807) is 18.2 Å². The topological polar surface area (TPSA) is 81.7 Å². The van der Waals surface area contributed by atoms with E-state index in [1.807, 2.05) is 0 Å². The molecule has 0 fully saturated rings. The summed E-state index contributed by atoms with van der Waals surface area (Å²) >= 11 is 3.26. The average molecular weight is 400 g/mol. The molecular formula is C15H14BrNO5S. The van der Waals surface area contributed by atoms with Crippen molar-refractivity contribution in [2.45, 2.75) is 11.8 Å². The monoisotopic (exact) mass is 399 g/mol. The van der Waals surface area contributed by atoms with Gasteiger partial charge in [-0.25, -0.2) is 0 Å². The Morgan fingerprint density at radius 2 is 1.78 bits per heavy atom. The van der Waals surface area contributed by atoms with E-state index in [0.29, 0.717) is 15.9 Å². The predicted molar refractivity (Wildman–Crippen MR) is 89.3 cm³/mol. The zero-order chi connectivity index (χ0) is 17.0. The summed E-state index contributed by atoms with van der Waals surface area (Å²) in [6, 6.07) is 10.4. The van der Waals surface area contributed by atoms with Crippen LogP contribution in [0.4, 0.5) is 5.69 Å². The van der Waals surface area contributed by atoms with Crippen molar-refractivity contribution in [1.29, 1.82) is 0 Å². The molecular weight excluding hydrogens is 386 g/mol. The molecule has 122 valence electrons. The molecule has 0 saturated heterocycles. The Kier molecular flexibility index (Phi) is 5.27. The number of hydrogen-bond acceptors (Lipinski definition) is 5. The Labute approximate surface area is 142 Å². The quantitative estimate of drug-likeness (QED) is 0.780. The molecule has 0 aliphatic heterocycles. The molecule has 2 rings (SSSR count). The van der Waals surface area contributed by atoms with Crippen LogP contribution >= 0.6 is 15.9 Å². The van der Waals surface area contributed by atoms with Crippen molar-refractivity contribution in [2.24, 2.45) is 0 Å². The molecule has 6 nitrogen and oxygen atoms in total. The number of carbonyl (C=O) groups excluding carboxylic acids is 1. The summed E-state index contributed by atoms with van der Waals surface area (Å²) in [7, 11) is -2.54. The van der Waals surface area contributed by atoms with Gasteiger partial charge in [-0.1, -0.05) is 0 Å². The summed E-state index contributed by atoms with van der Waals surface area (Å²) in [5.41, 5.74) is 0.549. The molecule has 0 spiro atoms. The molecule has 23 heavy (non-hydrogen) atoms. The minimum absolute atomic E-state index is 0.0245. The summed E-state index contributed by atoms with van der Waals surface area (Å²) in [6.07, 6.45) is 0. The van der Waals surface area contributed by atoms with Crippen molar-refractivity contribution in [1.82, 2.24) is 0 Å². The minimum atomic E-state index is -3.99. The van der Waals surface area contributed by atoms with E-state index >= 15 is 0 Å². The van der Waals surface area contributed by atoms with E-state index in [4.69, 9.17) is 8.92 Å². The number of amides is 1. The van der Waals surface area contributed by atoms with E-state index in [2.05, 4.69) is 21.2 Å². The van der Waals surface area contributed by atoms with Gasteiger partial charge >= 0.3 is 10.1 Å². The van der Waals surface area contributed by atoms with Gasteiger partial charge in [-0.05, 0) is 52.3 Å². The van der Waals surface area contributed by atoms with Crippen molar-refractivity contribution in [3.8, 4) is 11.5 Å². The Morgan fingerprint density at radius 1 is 1.13 bits per heavy atom. The second-order valence-corrected chi connectivity index (χ2v) is 6.94. The van der Waals surface area contributed by atoms with Gasteiger partial charge in [-0.3, -0.25) is 4.79 Å². The van der Waals surface area contributed by atoms with E-state index in [9.17, 15) is 13.2 Å². The number of benzene rings is 2. The lowest BCUT2D eigenvalue weighted by atomic mass is 10.3. The van der Waals surface area contributed by atoms with E-state index in [1.165, 1.54) is 38.3 Å². The average Bonchev–Trinajstić information content (AvgIpc) is 2.48. The Hall–Kier alpha value is -2.06. The van der Waals surface area contributed by atoms with Gasteiger partial charge < -0.3 is 14.2 Å². The molecule has 0 heterocycles. The van der Waals surface area contributed by atoms with Crippen LogP contribution in [0.3, 0.4) is 0 Å². The Morgan fingerprint density at radius 3 is 2.35 bits per heavy atom. The van der Waals surface area contributed by atoms with Crippen LogP contribution in [0.5, 0.6) is 11.5 Å².